The Labute approximate surface area is 158 Å². The molecule has 148 valence electrons. The molecule has 11 nitrogen and oxygen atoms in total. The van der Waals surface area contributed by atoms with E-state index in [-0.39, 0.29) is 47.2 Å². The van der Waals surface area contributed by atoms with Gasteiger partial charge in [0.1, 0.15) is 11.3 Å². The van der Waals surface area contributed by atoms with Crippen molar-refractivity contribution >= 4 is 17.3 Å². The van der Waals surface area contributed by atoms with E-state index in [4.69, 9.17) is 9.47 Å². The molecule has 2 N–H and O–H groups in total. The number of hydrogen-bond donors (Lipinski definition) is 2. The fourth-order valence-electron chi connectivity index (χ4n) is 2.41. The minimum Gasteiger partial charge on any atom is -0.508 e. The summed E-state index contributed by atoms with van der Waals surface area (Å²) in [5, 5.41) is 34.4. The van der Waals surface area contributed by atoms with Gasteiger partial charge >= 0.3 is 0 Å². The maximum absolute atomic E-state index is 12.5. The minimum atomic E-state index is -0.818. The zero-order valence-corrected chi connectivity index (χ0v) is 15.0. The van der Waals surface area contributed by atoms with Crippen molar-refractivity contribution in [3.05, 3.63) is 61.7 Å². The van der Waals surface area contributed by atoms with E-state index in [0.717, 1.165) is 24.3 Å². The largest absolute Gasteiger partial charge is 0.508 e. The lowest BCUT2D eigenvalue weighted by Gasteiger charge is -2.12. The van der Waals surface area contributed by atoms with Gasteiger partial charge in [-0.3, -0.25) is 25.0 Å². The van der Waals surface area contributed by atoms with Gasteiger partial charge in [0.25, 0.3) is 17.3 Å². The Morgan fingerprint density at radius 1 is 1.14 bits per heavy atom. The van der Waals surface area contributed by atoms with Gasteiger partial charge in [0.2, 0.25) is 0 Å². The van der Waals surface area contributed by atoms with Crippen LogP contribution in [0.5, 0.6) is 17.2 Å². The summed E-state index contributed by atoms with van der Waals surface area (Å²) in [6.45, 7) is 1.67. The molecular weight excluding hydrogens is 374 g/mol. The Bertz CT molecular complexity index is 929. The summed E-state index contributed by atoms with van der Waals surface area (Å²) in [4.78, 5) is 33.3. The number of ether oxygens (including phenoxy) is 2. The molecule has 0 bridgehead atoms. The summed E-state index contributed by atoms with van der Waals surface area (Å²) in [7, 11) is 1.31. The lowest BCUT2D eigenvalue weighted by Crippen LogP contribution is -2.24. The number of aromatic hydroxyl groups is 1. The van der Waals surface area contributed by atoms with Gasteiger partial charge in [0, 0.05) is 30.3 Å². The summed E-state index contributed by atoms with van der Waals surface area (Å²) >= 11 is 0. The first-order valence-corrected chi connectivity index (χ1v) is 8.02. The predicted molar refractivity (Wildman–Crippen MR) is 96.7 cm³/mol. The van der Waals surface area contributed by atoms with Crippen LogP contribution >= 0.6 is 0 Å². The number of carbonyl (C=O) groups is 1. The minimum absolute atomic E-state index is 0.0868. The van der Waals surface area contributed by atoms with Gasteiger partial charge in [-0.1, -0.05) is 0 Å². The van der Waals surface area contributed by atoms with Crippen LogP contribution in [-0.2, 0) is 6.54 Å². The van der Waals surface area contributed by atoms with E-state index in [2.05, 4.69) is 5.32 Å². The Hall–Kier alpha value is -3.89. The molecule has 0 aromatic heterocycles. The lowest BCUT2D eigenvalue weighted by atomic mass is 10.1. The van der Waals surface area contributed by atoms with Crippen molar-refractivity contribution in [3.8, 4) is 17.2 Å². The molecule has 0 spiro atoms. The molecule has 0 aliphatic carbocycles. The third-order valence-corrected chi connectivity index (χ3v) is 3.74. The van der Waals surface area contributed by atoms with Gasteiger partial charge in [-0.05, 0) is 13.0 Å². The molecule has 0 atom stereocenters. The van der Waals surface area contributed by atoms with E-state index in [1.54, 1.807) is 6.92 Å². The molecule has 2 aromatic rings. The molecule has 11 heteroatoms. The third kappa shape index (κ3) is 4.44. The maximum Gasteiger partial charge on any atom is 0.286 e. The maximum atomic E-state index is 12.5. The van der Waals surface area contributed by atoms with Crippen molar-refractivity contribution in [1.82, 2.24) is 5.32 Å². The van der Waals surface area contributed by atoms with Crippen molar-refractivity contribution in [1.29, 1.82) is 0 Å². The number of rotatable bonds is 8. The molecule has 0 fully saturated rings. The molecule has 0 saturated heterocycles. The Kier molecular flexibility index (Phi) is 6.32. The number of nitrogens with one attached hydrogen (secondary N) is 1. The molecule has 0 aliphatic rings. The van der Waals surface area contributed by atoms with Crippen LogP contribution in [0.4, 0.5) is 11.4 Å². The molecule has 28 heavy (non-hydrogen) atoms. The standard InChI is InChI=1S/C17H17N3O8/c1-3-28-16-7-12(13(20(25)26)8-15(16)27-2)17(22)18-9-10-6-11(19(23)24)4-5-14(10)21/h4-8,21H,3,9H2,1-2H3,(H,18,22). The number of methoxy groups -OCH3 is 1. The number of phenols is 1. The average Bonchev–Trinajstić information content (AvgIpc) is 2.66. The SMILES string of the molecule is CCOc1cc(C(=O)NCc2cc([N+](=O)[O-])ccc2O)c([N+](=O)[O-])cc1OC. The van der Waals surface area contributed by atoms with Crippen LogP contribution in [0.25, 0.3) is 0 Å². The van der Waals surface area contributed by atoms with E-state index in [1.807, 2.05) is 0 Å². The highest BCUT2D eigenvalue weighted by Crippen LogP contribution is 2.35. The number of phenolic OH excluding ortho intramolecular Hbond substituents is 1. The molecule has 2 aromatic carbocycles. The van der Waals surface area contributed by atoms with Crippen LogP contribution in [0.3, 0.4) is 0 Å². The third-order valence-electron chi connectivity index (χ3n) is 3.74. The summed E-state index contributed by atoms with van der Waals surface area (Å²) < 4.78 is 10.4. The van der Waals surface area contributed by atoms with Gasteiger partial charge in [0.15, 0.2) is 11.5 Å². The van der Waals surface area contributed by atoms with Crippen LogP contribution in [0.2, 0.25) is 0 Å². The zero-order valence-electron chi connectivity index (χ0n) is 15.0. The van der Waals surface area contributed by atoms with Crippen LogP contribution in [0.1, 0.15) is 22.8 Å². The van der Waals surface area contributed by atoms with Gasteiger partial charge in [0.05, 0.1) is 29.6 Å². The number of hydrogen-bond acceptors (Lipinski definition) is 8. The van der Waals surface area contributed by atoms with Gasteiger partial charge in [-0.25, -0.2) is 0 Å². The first-order chi connectivity index (χ1) is 13.3. The van der Waals surface area contributed by atoms with Crippen LogP contribution < -0.4 is 14.8 Å². The van der Waals surface area contributed by atoms with Crippen LogP contribution in [0.15, 0.2) is 30.3 Å². The number of amides is 1. The fourth-order valence-corrected chi connectivity index (χ4v) is 2.41. The van der Waals surface area contributed by atoms with Crippen LogP contribution in [-0.4, -0.2) is 34.6 Å². The lowest BCUT2D eigenvalue weighted by molar-refractivity contribution is -0.385. The average molecular weight is 391 g/mol. The monoisotopic (exact) mass is 391 g/mol. The summed E-state index contributed by atoms with van der Waals surface area (Å²) in [5.41, 5.74) is -0.958. The van der Waals surface area contributed by atoms with E-state index in [0.29, 0.717) is 0 Å². The molecule has 0 unspecified atom stereocenters. The molecular formula is C17H17N3O8. The summed E-state index contributed by atoms with van der Waals surface area (Å²) in [6.07, 6.45) is 0. The Morgan fingerprint density at radius 3 is 2.43 bits per heavy atom. The molecule has 0 heterocycles. The second-order valence-electron chi connectivity index (χ2n) is 5.46. The van der Waals surface area contributed by atoms with Crippen LogP contribution in [0, 0.1) is 20.2 Å². The molecule has 0 radical (unpaired) electrons. The molecule has 0 saturated carbocycles. The second kappa shape index (κ2) is 8.66. The number of carbonyl (C=O) groups excluding carboxylic acids is 1. The summed E-state index contributed by atoms with van der Waals surface area (Å²) in [5.74, 6) is -0.827. The fraction of sp³-hybridized carbons (Fsp3) is 0.235. The summed E-state index contributed by atoms with van der Waals surface area (Å²) in [6, 6.07) is 5.60. The smallest absolute Gasteiger partial charge is 0.286 e. The first kappa shape index (κ1) is 20.4. The first-order valence-electron chi connectivity index (χ1n) is 8.02. The quantitative estimate of drug-likeness (QED) is 0.514. The zero-order chi connectivity index (χ0) is 20.8. The van der Waals surface area contributed by atoms with E-state index < -0.39 is 21.4 Å². The predicted octanol–water partition coefficient (Wildman–Crippen LogP) is 2.55. The highest BCUT2D eigenvalue weighted by atomic mass is 16.6. The van der Waals surface area contributed by atoms with Gasteiger partial charge < -0.3 is 19.9 Å². The van der Waals surface area contributed by atoms with Crippen molar-refractivity contribution < 1.29 is 29.2 Å². The topological polar surface area (TPSA) is 154 Å². The Morgan fingerprint density at radius 2 is 1.86 bits per heavy atom. The number of non-ortho nitro benzene ring substituents is 1. The molecule has 0 aliphatic heterocycles. The second-order valence-corrected chi connectivity index (χ2v) is 5.46. The number of nitro groups is 2. The highest BCUT2D eigenvalue weighted by molar-refractivity contribution is 5.99. The number of nitrogens with zero attached hydrogens (tertiary/aromatic N) is 2. The molecule has 2 rings (SSSR count). The van der Waals surface area contributed by atoms with E-state index >= 15 is 0 Å². The van der Waals surface area contributed by atoms with Gasteiger partial charge in [-0.2, -0.15) is 0 Å². The van der Waals surface area contributed by atoms with Crippen molar-refractivity contribution in [3.63, 3.8) is 0 Å². The number of nitro benzene ring substituents is 2. The highest BCUT2D eigenvalue weighted by Gasteiger charge is 2.25. The van der Waals surface area contributed by atoms with Crippen molar-refractivity contribution in [2.75, 3.05) is 13.7 Å². The number of benzene rings is 2. The van der Waals surface area contributed by atoms with Gasteiger partial charge in [-0.15, -0.1) is 0 Å². The normalized spacial score (nSPS) is 10.2. The Balaban J connectivity index is 2.33. The van der Waals surface area contributed by atoms with E-state index in [9.17, 15) is 30.1 Å². The van der Waals surface area contributed by atoms with Crippen molar-refractivity contribution in [2.45, 2.75) is 13.5 Å². The van der Waals surface area contributed by atoms with Crippen molar-refractivity contribution in [2.24, 2.45) is 0 Å². The molecule has 1 amide bonds. The van der Waals surface area contributed by atoms with E-state index in [1.165, 1.54) is 13.2 Å².